The SMILES string of the molecule is CC(c1ccccc1)(c1ccccc1)C(O)O.CCC(O)(O)c1ccccc1. The summed E-state index contributed by atoms with van der Waals surface area (Å²) in [5.74, 6) is -1.67. The zero-order chi connectivity index (χ0) is 20.6. The van der Waals surface area contributed by atoms with E-state index in [1.165, 1.54) is 0 Å². The number of hydrogen-bond donors (Lipinski definition) is 4. The standard InChI is InChI=1S/C15H16O2.C9H12O2/c1-15(14(16)17,12-8-4-2-5-9-12)13-10-6-3-7-11-13;1-2-9(10,11)8-6-4-3-5-7-8/h2-11,14,16-17H,1H3;3-7,10-11H,2H2,1H3. The molecule has 0 unspecified atom stereocenters. The van der Waals surface area contributed by atoms with Crippen LogP contribution in [-0.2, 0) is 11.2 Å². The zero-order valence-electron chi connectivity index (χ0n) is 16.2. The van der Waals surface area contributed by atoms with Crippen molar-refractivity contribution in [2.24, 2.45) is 0 Å². The molecule has 0 bridgehead atoms. The Labute approximate surface area is 166 Å². The monoisotopic (exact) mass is 380 g/mol. The van der Waals surface area contributed by atoms with E-state index in [4.69, 9.17) is 0 Å². The predicted molar refractivity (Wildman–Crippen MR) is 110 cm³/mol. The fraction of sp³-hybridized carbons (Fsp3) is 0.250. The molecule has 0 heterocycles. The van der Waals surface area contributed by atoms with Gasteiger partial charge in [-0.3, -0.25) is 0 Å². The molecule has 0 saturated carbocycles. The molecule has 0 aliphatic carbocycles. The summed E-state index contributed by atoms with van der Waals surface area (Å²) in [4.78, 5) is 0. The molecule has 28 heavy (non-hydrogen) atoms. The second-order valence-corrected chi connectivity index (χ2v) is 6.84. The zero-order valence-corrected chi connectivity index (χ0v) is 16.2. The van der Waals surface area contributed by atoms with Gasteiger partial charge >= 0.3 is 0 Å². The molecule has 0 atom stereocenters. The minimum atomic E-state index is -1.67. The fourth-order valence-electron chi connectivity index (χ4n) is 2.94. The third kappa shape index (κ3) is 5.06. The molecular weight excluding hydrogens is 352 g/mol. The predicted octanol–water partition coefficient (Wildman–Crippen LogP) is 3.54. The van der Waals surface area contributed by atoms with Crippen molar-refractivity contribution in [1.82, 2.24) is 0 Å². The topological polar surface area (TPSA) is 80.9 Å². The molecule has 4 nitrogen and oxygen atoms in total. The highest BCUT2D eigenvalue weighted by molar-refractivity contribution is 5.39. The summed E-state index contributed by atoms with van der Waals surface area (Å²) < 4.78 is 0. The van der Waals surface area contributed by atoms with Gasteiger partial charge in [0.1, 0.15) is 0 Å². The van der Waals surface area contributed by atoms with Crippen LogP contribution in [0.2, 0.25) is 0 Å². The van der Waals surface area contributed by atoms with Crippen molar-refractivity contribution in [3.8, 4) is 0 Å². The first-order valence-electron chi connectivity index (χ1n) is 9.29. The summed E-state index contributed by atoms with van der Waals surface area (Å²) in [6, 6.07) is 27.9. The Morgan fingerprint density at radius 1 is 0.643 bits per heavy atom. The van der Waals surface area contributed by atoms with E-state index in [-0.39, 0.29) is 0 Å². The summed E-state index contributed by atoms with van der Waals surface area (Å²) >= 11 is 0. The molecule has 0 aliphatic heterocycles. The molecule has 0 fully saturated rings. The van der Waals surface area contributed by atoms with Gasteiger partial charge in [-0.2, -0.15) is 0 Å². The van der Waals surface area contributed by atoms with Crippen LogP contribution < -0.4 is 0 Å². The van der Waals surface area contributed by atoms with Gasteiger partial charge in [0.05, 0.1) is 5.41 Å². The maximum Gasteiger partial charge on any atom is 0.189 e. The molecule has 0 saturated heterocycles. The summed E-state index contributed by atoms with van der Waals surface area (Å²) in [7, 11) is 0. The Bertz CT molecular complexity index is 775. The van der Waals surface area contributed by atoms with E-state index in [1.807, 2.05) is 73.7 Å². The Hall–Kier alpha value is -2.50. The van der Waals surface area contributed by atoms with Crippen LogP contribution in [-0.4, -0.2) is 26.7 Å². The maximum atomic E-state index is 9.73. The van der Waals surface area contributed by atoms with Crippen LogP contribution in [0.4, 0.5) is 0 Å². The summed E-state index contributed by atoms with van der Waals surface area (Å²) in [5, 5.41) is 38.2. The van der Waals surface area contributed by atoms with Gasteiger partial charge in [-0.05, 0) is 18.1 Å². The largest absolute Gasteiger partial charge is 0.367 e. The van der Waals surface area contributed by atoms with E-state index in [0.29, 0.717) is 12.0 Å². The molecule has 0 amide bonds. The lowest BCUT2D eigenvalue weighted by atomic mass is 9.75. The molecule has 3 rings (SSSR count). The Kier molecular flexibility index (Phi) is 7.49. The second kappa shape index (κ2) is 9.62. The normalized spacial score (nSPS) is 11.7. The van der Waals surface area contributed by atoms with Crippen LogP contribution >= 0.6 is 0 Å². The van der Waals surface area contributed by atoms with Gasteiger partial charge < -0.3 is 20.4 Å². The Morgan fingerprint density at radius 3 is 1.25 bits per heavy atom. The molecule has 0 aliphatic rings. The lowest BCUT2D eigenvalue weighted by molar-refractivity contribution is -0.171. The number of aliphatic hydroxyl groups is 4. The maximum absolute atomic E-state index is 9.73. The first-order valence-corrected chi connectivity index (χ1v) is 9.29. The van der Waals surface area contributed by atoms with Gasteiger partial charge in [-0.1, -0.05) is 97.9 Å². The Morgan fingerprint density at radius 2 is 0.964 bits per heavy atom. The van der Waals surface area contributed by atoms with Crippen molar-refractivity contribution in [3.63, 3.8) is 0 Å². The quantitative estimate of drug-likeness (QED) is 0.511. The van der Waals surface area contributed by atoms with E-state index >= 15 is 0 Å². The summed E-state index contributed by atoms with van der Waals surface area (Å²) in [6.45, 7) is 3.56. The minimum Gasteiger partial charge on any atom is -0.367 e. The number of aliphatic hydroxyl groups excluding tert-OH is 1. The van der Waals surface area contributed by atoms with Crippen LogP contribution in [0.3, 0.4) is 0 Å². The van der Waals surface area contributed by atoms with Crippen LogP contribution in [0.25, 0.3) is 0 Å². The second-order valence-electron chi connectivity index (χ2n) is 6.84. The van der Waals surface area contributed by atoms with Gasteiger partial charge in [0.25, 0.3) is 0 Å². The van der Waals surface area contributed by atoms with Crippen molar-refractivity contribution >= 4 is 0 Å². The number of rotatable bonds is 5. The summed E-state index contributed by atoms with van der Waals surface area (Å²) in [6.07, 6.45) is -1.14. The van der Waals surface area contributed by atoms with Crippen LogP contribution in [0.15, 0.2) is 91.0 Å². The first-order chi connectivity index (χ1) is 13.3. The van der Waals surface area contributed by atoms with Gasteiger partial charge in [0, 0.05) is 12.0 Å². The summed E-state index contributed by atoms with van der Waals surface area (Å²) in [5.41, 5.74) is 1.52. The highest BCUT2D eigenvalue weighted by atomic mass is 16.5. The first kappa shape index (κ1) is 21.8. The average molecular weight is 380 g/mol. The molecule has 4 N–H and O–H groups in total. The van der Waals surface area contributed by atoms with Gasteiger partial charge in [-0.15, -0.1) is 0 Å². The van der Waals surface area contributed by atoms with E-state index < -0.39 is 17.5 Å². The average Bonchev–Trinajstić information content (AvgIpc) is 2.75. The lowest BCUT2D eigenvalue weighted by Crippen LogP contribution is -2.37. The van der Waals surface area contributed by atoms with Crippen LogP contribution in [0.5, 0.6) is 0 Å². The molecule has 4 heteroatoms. The van der Waals surface area contributed by atoms with Crippen molar-refractivity contribution in [1.29, 1.82) is 0 Å². The number of hydrogen-bond acceptors (Lipinski definition) is 4. The van der Waals surface area contributed by atoms with Crippen molar-refractivity contribution in [2.75, 3.05) is 0 Å². The highest BCUT2D eigenvalue weighted by Crippen LogP contribution is 2.34. The molecule has 148 valence electrons. The molecule has 3 aromatic rings. The van der Waals surface area contributed by atoms with Crippen LogP contribution in [0.1, 0.15) is 37.0 Å². The van der Waals surface area contributed by atoms with Crippen molar-refractivity contribution in [3.05, 3.63) is 108 Å². The van der Waals surface area contributed by atoms with Crippen LogP contribution in [0, 0.1) is 0 Å². The van der Waals surface area contributed by atoms with Crippen molar-refractivity contribution in [2.45, 2.75) is 37.8 Å². The van der Waals surface area contributed by atoms with E-state index in [1.54, 1.807) is 31.2 Å². The molecule has 0 aromatic heterocycles. The van der Waals surface area contributed by atoms with Crippen molar-refractivity contribution < 1.29 is 20.4 Å². The van der Waals surface area contributed by atoms with E-state index in [9.17, 15) is 20.4 Å². The fourth-order valence-corrected chi connectivity index (χ4v) is 2.94. The van der Waals surface area contributed by atoms with E-state index in [0.717, 1.165) is 11.1 Å². The Balaban J connectivity index is 0.000000221. The molecule has 0 spiro atoms. The van der Waals surface area contributed by atoms with Gasteiger partial charge in [0.15, 0.2) is 12.1 Å². The number of benzene rings is 3. The third-order valence-corrected chi connectivity index (χ3v) is 4.99. The smallest absolute Gasteiger partial charge is 0.189 e. The van der Waals surface area contributed by atoms with E-state index in [2.05, 4.69) is 0 Å². The molecule has 3 aromatic carbocycles. The minimum absolute atomic E-state index is 0.303. The highest BCUT2D eigenvalue weighted by Gasteiger charge is 2.35. The molecule has 0 radical (unpaired) electrons. The van der Waals surface area contributed by atoms with Gasteiger partial charge in [-0.25, -0.2) is 0 Å². The lowest BCUT2D eigenvalue weighted by Gasteiger charge is -2.32. The van der Waals surface area contributed by atoms with Gasteiger partial charge in [0.2, 0.25) is 0 Å². The third-order valence-electron chi connectivity index (χ3n) is 4.99. The molecular formula is C24H28O4.